The van der Waals surface area contributed by atoms with Crippen molar-refractivity contribution in [2.45, 2.75) is 19.9 Å². The van der Waals surface area contributed by atoms with Crippen molar-refractivity contribution in [3.8, 4) is 0 Å². The van der Waals surface area contributed by atoms with Gasteiger partial charge in [0.05, 0.1) is 12.3 Å². The van der Waals surface area contributed by atoms with Crippen molar-refractivity contribution in [3.05, 3.63) is 10.6 Å². The molecule has 1 aromatic heterocycles. The van der Waals surface area contributed by atoms with Gasteiger partial charge >= 0.3 is 0 Å². The average molecular weight is 243 g/mol. The molecule has 5 nitrogen and oxygen atoms in total. The number of methoxy groups -OCH3 is 1. The Morgan fingerprint density at radius 1 is 1.62 bits per heavy atom. The highest BCUT2D eigenvalue weighted by Gasteiger charge is 2.14. The van der Waals surface area contributed by atoms with Crippen LogP contribution < -0.4 is 10.6 Å². The van der Waals surface area contributed by atoms with Crippen LogP contribution in [0, 0.1) is 6.92 Å². The van der Waals surface area contributed by atoms with Gasteiger partial charge in [-0.25, -0.2) is 4.98 Å². The number of ether oxygens (including phenoxy) is 1. The molecule has 90 valence electrons. The summed E-state index contributed by atoms with van der Waals surface area (Å²) in [5, 5.41) is 6.53. The summed E-state index contributed by atoms with van der Waals surface area (Å²) >= 11 is 1.36. The minimum Gasteiger partial charge on any atom is -0.383 e. The SMILES string of the molecule is CNC(=O)c1sc(N[C@@H](C)COC)nc1C. The number of thiazole rings is 1. The van der Waals surface area contributed by atoms with Gasteiger partial charge in [0.15, 0.2) is 5.13 Å². The number of aromatic nitrogens is 1. The molecular weight excluding hydrogens is 226 g/mol. The summed E-state index contributed by atoms with van der Waals surface area (Å²) in [6.07, 6.45) is 0. The van der Waals surface area contributed by atoms with Crippen molar-refractivity contribution in [1.82, 2.24) is 10.3 Å². The lowest BCUT2D eigenvalue weighted by Gasteiger charge is -2.10. The van der Waals surface area contributed by atoms with Crippen LogP contribution in [0.25, 0.3) is 0 Å². The van der Waals surface area contributed by atoms with Gasteiger partial charge < -0.3 is 15.4 Å². The highest BCUT2D eigenvalue weighted by atomic mass is 32.1. The van der Waals surface area contributed by atoms with Crippen molar-refractivity contribution in [2.24, 2.45) is 0 Å². The van der Waals surface area contributed by atoms with Crippen LogP contribution in [-0.2, 0) is 4.74 Å². The van der Waals surface area contributed by atoms with Crippen LogP contribution in [0.3, 0.4) is 0 Å². The van der Waals surface area contributed by atoms with Gasteiger partial charge in [0.1, 0.15) is 4.88 Å². The summed E-state index contributed by atoms with van der Waals surface area (Å²) in [5.41, 5.74) is 0.747. The van der Waals surface area contributed by atoms with Gasteiger partial charge in [-0.3, -0.25) is 4.79 Å². The minimum absolute atomic E-state index is 0.0950. The summed E-state index contributed by atoms with van der Waals surface area (Å²) < 4.78 is 5.02. The van der Waals surface area contributed by atoms with Crippen LogP contribution in [0.4, 0.5) is 5.13 Å². The fraction of sp³-hybridized carbons (Fsp3) is 0.600. The second kappa shape index (κ2) is 5.81. The molecular formula is C10H17N3O2S. The lowest BCUT2D eigenvalue weighted by molar-refractivity contribution is 0.0966. The van der Waals surface area contributed by atoms with Gasteiger partial charge in [0.25, 0.3) is 5.91 Å². The Labute approximate surface area is 99.2 Å². The number of rotatable bonds is 5. The van der Waals surface area contributed by atoms with Gasteiger partial charge in [-0.15, -0.1) is 0 Å². The maximum atomic E-state index is 11.5. The first-order valence-corrected chi connectivity index (χ1v) is 5.85. The molecule has 1 atom stereocenters. The quantitative estimate of drug-likeness (QED) is 0.817. The molecule has 0 fully saturated rings. The molecule has 1 amide bonds. The first-order chi connectivity index (χ1) is 7.58. The van der Waals surface area contributed by atoms with Crippen molar-refractivity contribution in [3.63, 3.8) is 0 Å². The van der Waals surface area contributed by atoms with Crippen molar-refractivity contribution < 1.29 is 9.53 Å². The van der Waals surface area contributed by atoms with Gasteiger partial charge in [-0.1, -0.05) is 11.3 Å². The minimum atomic E-state index is -0.0950. The highest BCUT2D eigenvalue weighted by molar-refractivity contribution is 7.17. The van der Waals surface area contributed by atoms with E-state index in [-0.39, 0.29) is 11.9 Å². The van der Waals surface area contributed by atoms with Crippen LogP contribution in [-0.4, -0.2) is 37.7 Å². The summed E-state index contributed by atoms with van der Waals surface area (Å²) in [4.78, 5) is 16.4. The monoisotopic (exact) mass is 243 g/mol. The van der Waals surface area contributed by atoms with E-state index < -0.39 is 0 Å². The predicted molar refractivity (Wildman–Crippen MR) is 65.2 cm³/mol. The number of nitrogens with zero attached hydrogens (tertiary/aromatic N) is 1. The van der Waals surface area contributed by atoms with Gasteiger partial charge in [-0.05, 0) is 13.8 Å². The molecule has 1 heterocycles. The van der Waals surface area contributed by atoms with Crippen LogP contribution >= 0.6 is 11.3 Å². The molecule has 6 heteroatoms. The molecule has 0 saturated heterocycles. The van der Waals surface area contributed by atoms with Gasteiger partial charge in [-0.2, -0.15) is 0 Å². The molecule has 2 N–H and O–H groups in total. The smallest absolute Gasteiger partial charge is 0.263 e. The number of hydrogen-bond donors (Lipinski definition) is 2. The molecule has 0 aromatic carbocycles. The Balaban J connectivity index is 2.73. The van der Waals surface area contributed by atoms with Gasteiger partial charge in [0, 0.05) is 20.2 Å². The summed E-state index contributed by atoms with van der Waals surface area (Å²) in [6, 6.07) is 0.174. The summed E-state index contributed by atoms with van der Waals surface area (Å²) in [6.45, 7) is 4.43. The predicted octanol–water partition coefficient (Wildman–Crippen LogP) is 1.26. The Morgan fingerprint density at radius 3 is 2.88 bits per heavy atom. The zero-order valence-corrected chi connectivity index (χ0v) is 10.8. The Morgan fingerprint density at radius 2 is 2.31 bits per heavy atom. The Bertz CT molecular complexity index is 365. The molecule has 0 unspecified atom stereocenters. The molecule has 0 aliphatic heterocycles. The van der Waals surface area contributed by atoms with E-state index >= 15 is 0 Å². The molecule has 1 rings (SSSR count). The van der Waals surface area contributed by atoms with Crippen LogP contribution in [0.1, 0.15) is 22.3 Å². The first-order valence-electron chi connectivity index (χ1n) is 5.03. The lowest BCUT2D eigenvalue weighted by Crippen LogP contribution is -2.20. The number of anilines is 1. The maximum absolute atomic E-state index is 11.5. The van der Waals surface area contributed by atoms with E-state index in [1.165, 1.54) is 11.3 Å². The zero-order chi connectivity index (χ0) is 12.1. The van der Waals surface area contributed by atoms with E-state index in [9.17, 15) is 4.79 Å². The number of aryl methyl sites for hydroxylation is 1. The fourth-order valence-electron chi connectivity index (χ4n) is 1.28. The molecule has 1 aromatic rings. The molecule has 16 heavy (non-hydrogen) atoms. The molecule has 0 saturated carbocycles. The van der Waals surface area contributed by atoms with Crippen molar-refractivity contribution in [2.75, 3.05) is 26.1 Å². The normalized spacial score (nSPS) is 12.2. The molecule has 0 spiro atoms. The third kappa shape index (κ3) is 3.18. The molecule has 0 aliphatic rings. The summed E-state index contributed by atoms with van der Waals surface area (Å²) in [5.74, 6) is -0.0950. The topological polar surface area (TPSA) is 63.2 Å². The summed E-state index contributed by atoms with van der Waals surface area (Å²) in [7, 11) is 3.27. The van der Waals surface area contributed by atoms with Gasteiger partial charge in [0.2, 0.25) is 0 Å². The van der Waals surface area contributed by atoms with E-state index in [2.05, 4.69) is 15.6 Å². The number of hydrogen-bond acceptors (Lipinski definition) is 5. The van der Waals surface area contributed by atoms with E-state index in [0.717, 1.165) is 10.8 Å². The molecule has 0 radical (unpaired) electrons. The largest absolute Gasteiger partial charge is 0.383 e. The van der Waals surface area contributed by atoms with E-state index in [0.29, 0.717) is 11.5 Å². The number of carbonyl (C=O) groups excluding carboxylic acids is 1. The number of carbonyl (C=O) groups is 1. The molecule has 0 bridgehead atoms. The Hall–Kier alpha value is -1.14. The van der Waals surface area contributed by atoms with Crippen molar-refractivity contribution >= 4 is 22.4 Å². The second-order valence-electron chi connectivity index (χ2n) is 3.51. The molecule has 0 aliphatic carbocycles. The van der Waals surface area contributed by atoms with Crippen LogP contribution in [0.2, 0.25) is 0 Å². The van der Waals surface area contributed by atoms with Crippen LogP contribution in [0.5, 0.6) is 0 Å². The third-order valence-corrected chi connectivity index (χ3v) is 3.10. The number of amides is 1. The van der Waals surface area contributed by atoms with E-state index in [4.69, 9.17) is 4.74 Å². The lowest BCUT2D eigenvalue weighted by atomic mass is 10.4. The highest BCUT2D eigenvalue weighted by Crippen LogP contribution is 2.22. The zero-order valence-electron chi connectivity index (χ0n) is 9.96. The number of nitrogens with one attached hydrogen (secondary N) is 2. The second-order valence-corrected chi connectivity index (χ2v) is 4.51. The fourth-order valence-corrected chi connectivity index (χ4v) is 2.31. The van der Waals surface area contributed by atoms with E-state index in [1.54, 1.807) is 14.2 Å². The first kappa shape index (κ1) is 12.9. The maximum Gasteiger partial charge on any atom is 0.263 e. The Kier molecular flexibility index (Phi) is 4.70. The third-order valence-electron chi connectivity index (χ3n) is 2.02. The average Bonchev–Trinajstić information content (AvgIpc) is 2.58. The van der Waals surface area contributed by atoms with Crippen molar-refractivity contribution in [1.29, 1.82) is 0 Å². The van der Waals surface area contributed by atoms with Crippen LogP contribution in [0.15, 0.2) is 0 Å². The standard InChI is InChI=1S/C10H17N3O2S/c1-6(5-15-4)12-10-13-7(2)8(16-10)9(14)11-3/h6H,5H2,1-4H3,(H,11,14)(H,12,13)/t6-/m0/s1. The van der Waals surface area contributed by atoms with E-state index in [1.807, 2.05) is 13.8 Å².